The first-order chi connectivity index (χ1) is 11.1. The molecule has 3 N–H and O–H groups in total. The highest BCUT2D eigenvalue weighted by molar-refractivity contribution is 6.33. The summed E-state index contributed by atoms with van der Waals surface area (Å²) in [4.78, 5) is 19.2. The van der Waals surface area contributed by atoms with Crippen LogP contribution in [0.25, 0.3) is 10.9 Å². The van der Waals surface area contributed by atoms with E-state index in [4.69, 9.17) is 23.2 Å². The lowest BCUT2D eigenvalue weighted by Gasteiger charge is -2.02. The van der Waals surface area contributed by atoms with Crippen LogP contribution in [-0.2, 0) is 0 Å². The van der Waals surface area contributed by atoms with Gasteiger partial charge in [-0.2, -0.15) is 0 Å². The molecule has 0 fully saturated rings. The number of nitrogens with one attached hydrogen (secondary N) is 3. The van der Waals surface area contributed by atoms with Gasteiger partial charge in [-0.15, -0.1) is 12.4 Å². The van der Waals surface area contributed by atoms with Gasteiger partial charge in [0, 0.05) is 15.9 Å². The minimum Gasteiger partial charge on any atom is -0.350 e. The zero-order valence-corrected chi connectivity index (χ0v) is 14.5. The molecule has 0 bridgehead atoms. The number of nitrogens with zero attached hydrogens (tertiary/aromatic N) is 1. The van der Waals surface area contributed by atoms with Crippen molar-refractivity contribution in [1.29, 1.82) is 0 Å². The average Bonchev–Trinajstić information content (AvgIpc) is 2.96. The molecule has 0 aliphatic rings. The number of hydrogen-bond donors (Lipinski definition) is 3. The fourth-order valence-corrected chi connectivity index (χ4v) is 2.41. The normalized spacial score (nSPS) is 10.6. The third kappa shape index (κ3) is 4.20. The first-order valence-corrected chi connectivity index (χ1v) is 7.50. The van der Waals surface area contributed by atoms with E-state index >= 15 is 0 Å². The van der Waals surface area contributed by atoms with Gasteiger partial charge >= 0.3 is 0 Å². The molecule has 8 heteroatoms. The van der Waals surface area contributed by atoms with Crippen LogP contribution in [0.2, 0.25) is 10.0 Å². The quantitative estimate of drug-likeness (QED) is 0.353. The molecule has 0 unspecified atom stereocenters. The molecule has 0 aliphatic heterocycles. The van der Waals surface area contributed by atoms with Crippen LogP contribution in [0, 0.1) is 0 Å². The molecule has 0 radical (unpaired) electrons. The Morgan fingerprint density at radius 2 is 1.92 bits per heavy atom. The van der Waals surface area contributed by atoms with Crippen molar-refractivity contribution in [2.75, 3.05) is 0 Å². The zero-order valence-electron chi connectivity index (χ0n) is 12.2. The van der Waals surface area contributed by atoms with E-state index in [9.17, 15) is 4.79 Å². The number of benzene rings is 2. The van der Waals surface area contributed by atoms with Gasteiger partial charge < -0.3 is 4.98 Å². The predicted molar refractivity (Wildman–Crippen MR) is 101 cm³/mol. The van der Waals surface area contributed by atoms with E-state index in [-0.39, 0.29) is 18.3 Å². The lowest BCUT2D eigenvalue weighted by molar-refractivity contribution is 0.0940. The second-order valence-electron chi connectivity index (χ2n) is 4.72. The standard InChI is InChI=1S/C16H12Cl2N4O.ClH/c17-11-5-6-13-10(7-11)8-15(21-13)16(23)22-20-9-19-14-4-2-1-3-12(14)18;/h1-9,21H,(H,19,20)(H,22,23);1H. The molecule has 0 saturated heterocycles. The predicted octanol–water partition coefficient (Wildman–Crippen LogP) is 4.49. The minimum absolute atomic E-state index is 0. The van der Waals surface area contributed by atoms with Gasteiger partial charge in [0.1, 0.15) is 12.0 Å². The third-order valence-electron chi connectivity index (χ3n) is 3.13. The number of aromatic amines is 1. The molecule has 5 nitrogen and oxygen atoms in total. The molecule has 0 saturated carbocycles. The Morgan fingerprint density at radius 1 is 1.12 bits per heavy atom. The number of aliphatic imine (C=N–C) groups is 1. The van der Waals surface area contributed by atoms with Crippen molar-refractivity contribution in [2.45, 2.75) is 0 Å². The molecule has 0 atom stereocenters. The van der Waals surface area contributed by atoms with Gasteiger partial charge in [0.15, 0.2) is 0 Å². The maximum absolute atomic E-state index is 12.1. The highest BCUT2D eigenvalue weighted by Gasteiger charge is 2.08. The molecule has 1 aromatic heterocycles. The van der Waals surface area contributed by atoms with Crippen molar-refractivity contribution >= 4 is 64.4 Å². The van der Waals surface area contributed by atoms with Crippen molar-refractivity contribution in [1.82, 2.24) is 15.8 Å². The van der Waals surface area contributed by atoms with Gasteiger partial charge in [-0.25, -0.2) is 4.99 Å². The van der Waals surface area contributed by atoms with E-state index in [1.807, 2.05) is 18.2 Å². The number of amides is 1. The number of H-pyrrole nitrogens is 1. The molecule has 124 valence electrons. The molecule has 1 heterocycles. The summed E-state index contributed by atoms with van der Waals surface area (Å²) >= 11 is 11.9. The number of carbonyl (C=O) groups excluding carboxylic acids is 1. The number of aromatic nitrogens is 1. The maximum Gasteiger partial charge on any atom is 0.286 e. The van der Waals surface area contributed by atoms with Crippen molar-refractivity contribution < 1.29 is 4.79 Å². The Kier molecular flexibility index (Phi) is 6.09. The monoisotopic (exact) mass is 382 g/mol. The van der Waals surface area contributed by atoms with Crippen LogP contribution >= 0.6 is 35.6 Å². The Balaban J connectivity index is 0.00000208. The van der Waals surface area contributed by atoms with Crippen molar-refractivity contribution in [3.8, 4) is 0 Å². The topological polar surface area (TPSA) is 69.3 Å². The molecule has 3 rings (SSSR count). The molecule has 2 aromatic carbocycles. The second-order valence-corrected chi connectivity index (χ2v) is 5.57. The van der Waals surface area contributed by atoms with Gasteiger partial charge in [-0.3, -0.25) is 15.6 Å². The van der Waals surface area contributed by atoms with Crippen LogP contribution in [0.15, 0.2) is 53.5 Å². The molecule has 0 aliphatic carbocycles. The zero-order chi connectivity index (χ0) is 16.2. The first kappa shape index (κ1) is 18.1. The molecular formula is C16H13Cl3N4O. The average molecular weight is 384 g/mol. The Bertz CT molecular complexity index is 892. The van der Waals surface area contributed by atoms with Crippen LogP contribution in [0.1, 0.15) is 10.5 Å². The smallest absolute Gasteiger partial charge is 0.286 e. The fraction of sp³-hybridized carbons (Fsp3) is 0. The molecule has 0 spiro atoms. The van der Waals surface area contributed by atoms with Crippen molar-refractivity contribution in [3.05, 3.63) is 64.3 Å². The lowest BCUT2D eigenvalue weighted by Crippen LogP contribution is -2.36. The largest absolute Gasteiger partial charge is 0.350 e. The lowest BCUT2D eigenvalue weighted by atomic mass is 10.2. The van der Waals surface area contributed by atoms with E-state index in [0.717, 1.165) is 10.9 Å². The summed E-state index contributed by atoms with van der Waals surface area (Å²) in [6.45, 7) is 0. The number of hydrogen-bond acceptors (Lipinski definition) is 2. The van der Waals surface area contributed by atoms with E-state index in [1.54, 1.807) is 30.3 Å². The molecule has 1 amide bonds. The van der Waals surface area contributed by atoms with E-state index in [2.05, 4.69) is 20.8 Å². The number of fused-ring (bicyclic) bond motifs is 1. The molecule has 24 heavy (non-hydrogen) atoms. The highest BCUT2D eigenvalue weighted by Crippen LogP contribution is 2.23. The number of hydrazine groups is 1. The van der Waals surface area contributed by atoms with Gasteiger partial charge in [0.05, 0.1) is 10.7 Å². The summed E-state index contributed by atoms with van der Waals surface area (Å²) in [7, 11) is 0. The first-order valence-electron chi connectivity index (χ1n) is 6.75. The van der Waals surface area contributed by atoms with E-state index < -0.39 is 0 Å². The van der Waals surface area contributed by atoms with Crippen molar-refractivity contribution in [3.63, 3.8) is 0 Å². The van der Waals surface area contributed by atoms with Gasteiger partial charge in [0.25, 0.3) is 5.91 Å². The summed E-state index contributed by atoms with van der Waals surface area (Å²) in [6.07, 6.45) is 1.36. The number of rotatable bonds is 4. The Labute approximate surface area is 154 Å². The fourth-order valence-electron chi connectivity index (χ4n) is 2.05. The van der Waals surface area contributed by atoms with Crippen LogP contribution in [0.5, 0.6) is 0 Å². The number of carbonyl (C=O) groups is 1. The SMILES string of the molecule is Cl.O=C(NNC=Nc1ccccc1Cl)c1cc2cc(Cl)ccc2[nH]1. The summed E-state index contributed by atoms with van der Waals surface area (Å²) in [5.41, 5.74) is 7.00. The van der Waals surface area contributed by atoms with Crippen LogP contribution < -0.4 is 10.9 Å². The maximum atomic E-state index is 12.1. The Hall–Kier alpha value is -2.21. The van der Waals surface area contributed by atoms with E-state index in [1.165, 1.54) is 6.34 Å². The van der Waals surface area contributed by atoms with Crippen LogP contribution in [0.4, 0.5) is 5.69 Å². The van der Waals surface area contributed by atoms with Crippen LogP contribution in [-0.4, -0.2) is 17.2 Å². The van der Waals surface area contributed by atoms with Crippen LogP contribution in [0.3, 0.4) is 0 Å². The summed E-state index contributed by atoms with van der Waals surface area (Å²) in [5, 5.41) is 2.02. The summed E-state index contributed by atoms with van der Waals surface area (Å²) in [6, 6.07) is 14.2. The third-order valence-corrected chi connectivity index (χ3v) is 3.69. The van der Waals surface area contributed by atoms with Gasteiger partial charge in [0.2, 0.25) is 0 Å². The second kappa shape index (κ2) is 8.06. The highest BCUT2D eigenvalue weighted by atomic mass is 35.5. The Morgan fingerprint density at radius 3 is 2.71 bits per heavy atom. The van der Waals surface area contributed by atoms with Gasteiger partial charge in [-0.1, -0.05) is 35.3 Å². The minimum atomic E-state index is -0.317. The summed E-state index contributed by atoms with van der Waals surface area (Å²) in [5.74, 6) is -0.317. The molecular weight excluding hydrogens is 371 g/mol. The number of para-hydroxylation sites is 1. The summed E-state index contributed by atoms with van der Waals surface area (Å²) < 4.78 is 0. The number of halogens is 3. The van der Waals surface area contributed by atoms with E-state index in [0.29, 0.717) is 21.4 Å². The molecule has 3 aromatic rings. The van der Waals surface area contributed by atoms with Gasteiger partial charge in [-0.05, 0) is 36.4 Å². The van der Waals surface area contributed by atoms with Crippen molar-refractivity contribution in [2.24, 2.45) is 4.99 Å².